The molecule has 0 radical (unpaired) electrons. The molecule has 1 saturated carbocycles. The highest BCUT2D eigenvalue weighted by Crippen LogP contribution is 2.53. The van der Waals surface area contributed by atoms with Gasteiger partial charge in [0.2, 0.25) is 0 Å². The van der Waals surface area contributed by atoms with Gasteiger partial charge in [0, 0.05) is 5.92 Å². The van der Waals surface area contributed by atoms with E-state index in [9.17, 15) is 15.0 Å². The van der Waals surface area contributed by atoms with E-state index in [0.717, 1.165) is 36.8 Å². The fourth-order valence-corrected chi connectivity index (χ4v) is 4.19. The molecule has 0 aromatic carbocycles. The van der Waals surface area contributed by atoms with Crippen molar-refractivity contribution in [2.75, 3.05) is 7.11 Å². The number of carbonyl (C=O) groups excluding carboxylic acids is 1. The molecule has 0 aromatic rings. The molecule has 0 bridgehead atoms. The first-order valence-corrected chi connectivity index (χ1v) is 9.16. The average molecular weight is 348 g/mol. The van der Waals surface area contributed by atoms with E-state index in [4.69, 9.17) is 4.74 Å². The van der Waals surface area contributed by atoms with Gasteiger partial charge in [0.05, 0.1) is 24.4 Å². The summed E-state index contributed by atoms with van der Waals surface area (Å²) >= 11 is 0. The molecule has 2 aliphatic rings. The predicted molar refractivity (Wildman–Crippen MR) is 98.9 cm³/mol. The molecule has 25 heavy (non-hydrogen) atoms. The standard InChI is InChI=1S/C21H32O4/c1-14-6-9-18(22)15(19(23)25-5)7-8-17-16(20(2,3)24)11-13-21(17,4)12-10-14/h7-8,16,18,22,24H,1,6,9-13H2,2-5H3/b15-7+,17-8-/t16-,18?,21-/m1/s1. The first-order valence-electron chi connectivity index (χ1n) is 9.16. The highest BCUT2D eigenvalue weighted by molar-refractivity contribution is 5.89. The van der Waals surface area contributed by atoms with Gasteiger partial charge in [-0.2, -0.15) is 0 Å². The highest BCUT2D eigenvalue weighted by atomic mass is 16.5. The molecule has 0 amide bonds. The van der Waals surface area contributed by atoms with Crippen molar-refractivity contribution < 1.29 is 19.7 Å². The summed E-state index contributed by atoms with van der Waals surface area (Å²) in [6.45, 7) is 10.1. The lowest BCUT2D eigenvalue weighted by Crippen LogP contribution is -2.32. The Balaban J connectivity index is 2.52. The minimum Gasteiger partial charge on any atom is -0.466 e. The maximum absolute atomic E-state index is 12.1. The van der Waals surface area contributed by atoms with E-state index in [1.807, 2.05) is 19.9 Å². The monoisotopic (exact) mass is 348 g/mol. The molecule has 2 rings (SSSR count). The number of aliphatic hydroxyl groups is 2. The summed E-state index contributed by atoms with van der Waals surface area (Å²) in [5.41, 5.74) is 1.67. The summed E-state index contributed by atoms with van der Waals surface area (Å²) < 4.78 is 4.85. The van der Waals surface area contributed by atoms with Crippen LogP contribution < -0.4 is 0 Å². The van der Waals surface area contributed by atoms with Crippen molar-refractivity contribution in [1.29, 1.82) is 0 Å². The van der Waals surface area contributed by atoms with Gasteiger partial charge in [0.15, 0.2) is 0 Å². The predicted octanol–water partition coefficient (Wildman–Crippen LogP) is 3.69. The van der Waals surface area contributed by atoms with Crippen LogP contribution in [0.3, 0.4) is 0 Å². The summed E-state index contributed by atoms with van der Waals surface area (Å²) in [4.78, 5) is 12.1. The fourth-order valence-electron chi connectivity index (χ4n) is 4.19. The Morgan fingerprint density at radius 2 is 1.96 bits per heavy atom. The van der Waals surface area contributed by atoms with Gasteiger partial charge < -0.3 is 14.9 Å². The van der Waals surface area contributed by atoms with Crippen molar-refractivity contribution >= 4 is 5.97 Å². The second-order valence-electron chi connectivity index (χ2n) is 8.35. The van der Waals surface area contributed by atoms with Crippen LogP contribution in [0.4, 0.5) is 0 Å². The number of methoxy groups -OCH3 is 1. The number of ether oxygens (including phenoxy) is 1. The molecule has 4 nitrogen and oxygen atoms in total. The molecule has 0 aromatic heterocycles. The van der Waals surface area contributed by atoms with Crippen LogP contribution in [0, 0.1) is 11.3 Å². The third kappa shape index (κ3) is 4.42. The van der Waals surface area contributed by atoms with E-state index in [-0.39, 0.29) is 16.9 Å². The zero-order valence-electron chi connectivity index (χ0n) is 16.0. The Hall–Kier alpha value is -1.39. The van der Waals surface area contributed by atoms with E-state index in [1.54, 1.807) is 6.08 Å². The van der Waals surface area contributed by atoms with E-state index in [2.05, 4.69) is 13.5 Å². The quantitative estimate of drug-likeness (QED) is 0.590. The van der Waals surface area contributed by atoms with Gasteiger partial charge in [-0.3, -0.25) is 0 Å². The van der Waals surface area contributed by atoms with Gasteiger partial charge in [0.1, 0.15) is 0 Å². The molecular weight excluding hydrogens is 316 g/mol. The van der Waals surface area contributed by atoms with Crippen LogP contribution in [0.1, 0.15) is 59.3 Å². The molecule has 4 heteroatoms. The van der Waals surface area contributed by atoms with Gasteiger partial charge in [0.25, 0.3) is 0 Å². The molecule has 140 valence electrons. The maximum atomic E-state index is 12.1. The van der Waals surface area contributed by atoms with Crippen molar-refractivity contribution in [3.63, 3.8) is 0 Å². The Kier molecular flexibility index (Phi) is 5.95. The van der Waals surface area contributed by atoms with Crippen LogP contribution in [-0.4, -0.2) is 35.0 Å². The Morgan fingerprint density at radius 3 is 2.56 bits per heavy atom. The minimum atomic E-state index is -0.868. The molecule has 0 spiro atoms. The summed E-state index contributed by atoms with van der Waals surface area (Å²) in [5.74, 6) is -0.465. The fraction of sp³-hybridized carbons (Fsp3) is 0.667. The van der Waals surface area contributed by atoms with Crippen molar-refractivity contribution in [1.82, 2.24) is 0 Å². The van der Waals surface area contributed by atoms with E-state index in [1.165, 1.54) is 7.11 Å². The summed E-state index contributed by atoms with van der Waals surface area (Å²) in [7, 11) is 1.33. The van der Waals surface area contributed by atoms with Crippen molar-refractivity contribution in [2.24, 2.45) is 11.3 Å². The number of hydrogen-bond donors (Lipinski definition) is 2. The Morgan fingerprint density at radius 1 is 1.28 bits per heavy atom. The van der Waals surface area contributed by atoms with Crippen LogP contribution in [0.2, 0.25) is 0 Å². The zero-order valence-corrected chi connectivity index (χ0v) is 16.0. The van der Waals surface area contributed by atoms with Crippen molar-refractivity contribution in [3.05, 3.63) is 35.5 Å². The molecule has 0 saturated heterocycles. The summed E-state index contributed by atoms with van der Waals surface area (Å²) in [5, 5.41) is 21.1. The van der Waals surface area contributed by atoms with Gasteiger partial charge in [-0.05, 0) is 63.9 Å². The molecule has 2 N–H and O–H groups in total. The van der Waals surface area contributed by atoms with Crippen LogP contribution in [0.15, 0.2) is 35.5 Å². The van der Waals surface area contributed by atoms with Crippen molar-refractivity contribution in [2.45, 2.75) is 71.0 Å². The lowest BCUT2D eigenvalue weighted by molar-refractivity contribution is -0.137. The molecule has 1 unspecified atom stereocenters. The van der Waals surface area contributed by atoms with Crippen LogP contribution in [0.25, 0.3) is 0 Å². The van der Waals surface area contributed by atoms with E-state index < -0.39 is 17.7 Å². The topological polar surface area (TPSA) is 66.8 Å². The second-order valence-corrected chi connectivity index (χ2v) is 8.35. The molecule has 2 aliphatic carbocycles. The van der Waals surface area contributed by atoms with Crippen molar-refractivity contribution in [3.8, 4) is 0 Å². The highest BCUT2D eigenvalue weighted by Gasteiger charge is 2.45. The molecule has 1 fully saturated rings. The molecular formula is C21H32O4. The number of fused-ring (bicyclic) bond motifs is 1. The zero-order chi connectivity index (χ0) is 18.8. The molecule has 0 aliphatic heterocycles. The summed E-state index contributed by atoms with van der Waals surface area (Å²) in [6, 6.07) is 0. The average Bonchev–Trinajstić information content (AvgIpc) is 2.87. The SMILES string of the molecule is C=C1CCC(O)/C(C(=O)OC)=C\C=C2\[C@H](C(C)(C)O)CC[C@@]2(C)CC1. The molecule has 0 heterocycles. The number of carbonyl (C=O) groups is 1. The number of rotatable bonds is 2. The van der Waals surface area contributed by atoms with Crippen LogP contribution >= 0.6 is 0 Å². The van der Waals surface area contributed by atoms with Gasteiger partial charge in [-0.15, -0.1) is 0 Å². The number of aliphatic hydroxyl groups excluding tert-OH is 1. The smallest absolute Gasteiger partial charge is 0.336 e. The van der Waals surface area contributed by atoms with Gasteiger partial charge in [-0.25, -0.2) is 4.79 Å². The minimum absolute atomic E-state index is 0.0272. The summed E-state index contributed by atoms with van der Waals surface area (Å²) in [6.07, 6.45) is 7.72. The van der Waals surface area contributed by atoms with E-state index >= 15 is 0 Å². The Labute approximate surface area is 151 Å². The Bertz CT molecular complexity index is 594. The van der Waals surface area contributed by atoms with Crippen LogP contribution in [-0.2, 0) is 9.53 Å². The second kappa shape index (κ2) is 7.46. The van der Waals surface area contributed by atoms with E-state index in [0.29, 0.717) is 12.8 Å². The lowest BCUT2D eigenvalue weighted by Gasteiger charge is -2.33. The first kappa shape index (κ1) is 19.9. The third-order valence-electron chi connectivity index (χ3n) is 5.93. The largest absolute Gasteiger partial charge is 0.466 e. The number of allylic oxidation sites excluding steroid dienone is 3. The lowest BCUT2D eigenvalue weighted by atomic mass is 9.74. The van der Waals surface area contributed by atoms with Gasteiger partial charge in [-0.1, -0.05) is 30.7 Å². The first-order chi connectivity index (χ1) is 11.6. The third-order valence-corrected chi connectivity index (χ3v) is 5.93. The number of hydrogen-bond acceptors (Lipinski definition) is 4. The number of esters is 1. The normalized spacial score (nSPS) is 35.7. The van der Waals surface area contributed by atoms with Gasteiger partial charge >= 0.3 is 5.97 Å². The molecule has 3 atom stereocenters. The maximum Gasteiger partial charge on any atom is 0.336 e. The van der Waals surface area contributed by atoms with Crippen LogP contribution in [0.5, 0.6) is 0 Å².